The van der Waals surface area contributed by atoms with Gasteiger partial charge in [-0.2, -0.15) is 0 Å². The van der Waals surface area contributed by atoms with Gasteiger partial charge in [-0.3, -0.25) is 9.59 Å². The first kappa shape index (κ1) is 21.5. The second-order valence-electron chi connectivity index (χ2n) is 8.17. The molecule has 0 aliphatic carbocycles. The summed E-state index contributed by atoms with van der Waals surface area (Å²) in [5.74, 6) is 2.16. The summed E-state index contributed by atoms with van der Waals surface area (Å²) in [6.07, 6.45) is 0.654. The molecule has 3 aromatic carbocycles. The second-order valence-corrected chi connectivity index (χ2v) is 8.17. The number of benzene rings is 3. The van der Waals surface area contributed by atoms with Crippen LogP contribution < -0.4 is 10.1 Å². The minimum absolute atomic E-state index is 0.0123. The maximum atomic E-state index is 13.0. The zero-order chi connectivity index (χ0) is 23.5. The fourth-order valence-corrected chi connectivity index (χ4v) is 4.11. The van der Waals surface area contributed by atoms with E-state index in [9.17, 15) is 9.59 Å². The highest BCUT2D eigenvalue weighted by molar-refractivity contribution is 6.04. The van der Waals surface area contributed by atoms with Crippen LogP contribution in [0, 0.1) is 0 Å². The predicted molar refractivity (Wildman–Crippen MR) is 130 cm³/mol. The standard InChI is InChI=1S/C28H24N2O4/c1-33-24-12-10-20(11-13-24)28(32)30-15-14-25-22(18-30)17-26(34-25)21-8-5-9-23(16-21)29-27(31)19-6-3-2-4-7-19/h2-13,16-17H,14-15,18H2,1H3,(H,29,31). The largest absolute Gasteiger partial charge is 0.497 e. The summed E-state index contributed by atoms with van der Waals surface area (Å²) < 4.78 is 11.3. The Balaban J connectivity index is 1.31. The molecule has 0 unspecified atom stereocenters. The molecule has 0 fully saturated rings. The van der Waals surface area contributed by atoms with Crippen molar-refractivity contribution in [2.24, 2.45) is 0 Å². The predicted octanol–water partition coefficient (Wildman–Crippen LogP) is 5.41. The lowest BCUT2D eigenvalue weighted by Crippen LogP contribution is -2.35. The summed E-state index contributed by atoms with van der Waals surface area (Å²) in [5, 5.41) is 2.94. The number of methoxy groups -OCH3 is 1. The van der Waals surface area contributed by atoms with Crippen LogP contribution in [0.1, 0.15) is 32.0 Å². The van der Waals surface area contributed by atoms with Crippen molar-refractivity contribution >= 4 is 17.5 Å². The molecule has 1 N–H and O–H groups in total. The van der Waals surface area contributed by atoms with Crippen molar-refractivity contribution in [3.8, 4) is 17.1 Å². The average Bonchev–Trinajstić information content (AvgIpc) is 3.32. The number of carbonyl (C=O) groups is 2. The smallest absolute Gasteiger partial charge is 0.255 e. The Morgan fingerprint density at radius 1 is 0.912 bits per heavy atom. The molecule has 6 heteroatoms. The van der Waals surface area contributed by atoms with E-state index in [0.717, 1.165) is 28.4 Å². The van der Waals surface area contributed by atoms with E-state index in [-0.39, 0.29) is 11.8 Å². The molecular formula is C28H24N2O4. The number of amides is 2. The molecule has 0 radical (unpaired) electrons. The monoisotopic (exact) mass is 452 g/mol. The number of furan rings is 1. The maximum Gasteiger partial charge on any atom is 0.255 e. The van der Waals surface area contributed by atoms with Crippen LogP contribution in [0.2, 0.25) is 0 Å². The molecular weight excluding hydrogens is 428 g/mol. The van der Waals surface area contributed by atoms with Gasteiger partial charge in [0.25, 0.3) is 11.8 Å². The Bertz CT molecular complexity index is 1330. The lowest BCUT2D eigenvalue weighted by molar-refractivity contribution is 0.0730. The topological polar surface area (TPSA) is 71.8 Å². The Labute approximate surface area is 197 Å². The quantitative estimate of drug-likeness (QED) is 0.440. The van der Waals surface area contributed by atoms with Crippen molar-refractivity contribution in [1.29, 1.82) is 0 Å². The Morgan fingerprint density at radius 3 is 2.47 bits per heavy atom. The minimum atomic E-state index is -0.163. The summed E-state index contributed by atoms with van der Waals surface area (Å²) in [6.45, 7) is 1.09. The molecule has 0 bridgehead atoms. The highest BCUT2D eigenvalue weighted by Crippen LogP contribution is 2.31. The van der Waals surface area contributed by atoms with Crippen LogP contribution in [0.3, 0.4) is 0 Å². The minimum Gasteiger partial charge on any atom is -0.497 e. The van der Waals surface area contributed by atoms with Gasteiger partial charge >= 0.3 is 0 Å². The van der Waals surface area contributed by atoms with Crippen LogP contribution >= 0.6 is 0 Å². The van der Waals surface area contributed by atoms with Crippen LogP contribution in [-0.2, 0) is 13.0 Å². The molecule has 0 spiro atoms. The fraction of sp³-hybridized carbons (Fsp3) is 0.143. The first-order chi connectivity index (χ1) is 16.6. The van der Waals surface area contributed by atoms with Gasteiger partial charge in [-0.25, -0.2) is 0 Å². The fourth-order valence-electron chi connectivity index (χ4n) is 4.11. The molecule has 170 valence electrons. The van der Waals surface area contributed by atoms with Crippen LogP contribution in [0.25, 0.3) is 11.3 Å². The third-order valence-electron chi connectivity index (χ3n) is 5.93. The van der Waals surface area contributed by atoms with Crippen LogP contribution in [-0.4, -0.2) is 30.4 Å². The zero-order valence-corrected chi connectivity index (χ0v) is 18.8. The maximum absolute atomic E-state index is 13.0. The van der Waals surface area contributed by atoms with Crippen LogP contribution in [0.15, 0.2) is 89.3 Å². The van der Waals surface area contributed by atoms with E-state index in [4.69, 9.17) is 9.15 Å². The summed E-state index contributed by atoms with van der Waals surface area (Å²) in [5.41, 5.74) is 3.80. The number of fused-ring (bicyclic) bond motifs is 1. The first-order valence-electron chi connectivity index (χ1n) is 11.1. The van der Waals surface area contributed by atoms with E-state index in [0.29, 0.717) is 36.3 Å². The molecule has 2 amide bonds. The number of hydrogen-bond donors (Lipinski definition) is 1. The molecule has 0 saturated carbocycles. The molecule has 2 heterocycles. The van der Waals surface area contributed by atoms with E-state index in [2.05, 4.69) is 5.32 Å². The number of nitrogens with one attached hydrogen (secondary N) is 1. The third kappa shape index (κ3) is 4.43. The van der Waals surface area contributed by atoms with Crippen molar-refractivity contribution < 1.29 is 18.7 Å². The van der Waals surface area contributed by atoms with E-state index >= 15 is 0 Å². The molecule has 34 heavy (non-hydrogen) atoms. The van der Waals surface area contributed by atoms with E-state index < -0.39 is 0 Å². The van der Waals surface area contributed by atoms with Crippen molar-refractivity contribution in [2.45, 2.75) is 13.0 Å². The van der Waals surface area contributed by atoms with Gasteiger partial charge in [-0.15, -0.1) is 0 Å². The normalized spacial score (nSPS) is 12.7. The summed E-state index contributed by atoms with van der Waals surface area (Å²) in [6, 6.07) is 25.8. The van der Waals surface area contributed by atoms with Crippen molar-refractivity contribution in [1.82, 2.24) is 4.90 Å². The highest BCUT2D eigenvalue weighted by Gasteiger charge is 2.25. The number of rotatable bonds is 5. The third-order valence-corrected chi connectivity index (χ3v) is 5.93. The lowest BCUT2D eigenvalue weighted by atomic mass is 10.1. The SMILES string of the molecule is COc1ccc(C(=O)N2CCc3oc(-c4cccc(NC(=O)c5ccccc5)c4)cc3C2)cc1. The van der Waals surface area contributed by atoms with E-state index in [1.165, 1.54) is 0 Å². The van der Waals surface area contributed by atoms with Gasteiger partial charge in [0.2, 0.25) is 0 Å². The highest BCUT2D eigenvalue weighted by atomic mass is 16.5. The van der Waals surface area contributed by atoms with E-state index in [1.54, 1.807) is 43.5 Å². The molecule has 4 aromatic rings. The van der Waals surface area contributed by atoms with Gasteiger partial charge in [-0.05, 0) is 54.6 Å². The first-order valence-corrected chi connectivity index (χ1v) is 11.1. The molecule has 5 rings (SSSR count). The summed E-state index contributed by atoms with van der Waals surface area (Å²) >= 11 is 0. The molecule has 1 aromatic heterocycles. The lowest BCUT2D eigenvalue weighted by Gasteiger charge is -2.26. The van der Waals surface area contributed by atoms with Crippen molar-refractivity contribution in [2.75, 3.05) is 19.0 Å². The van der Waals surface area contributed by atoms with Crippen molar-refractivity contribution in [3.63, 3.8) is 0 Å². The number of ether oxygens (including phenoxy) is 1. The molecule has 0 saturated heterocycles. The molecule has 1 aliphatic heterocycles. The van der Waals surface area contributed by atoms with Gasteiger partial charge < -0.3 is 19.4 Å². The Morgan fingerprint density at radius 2 is 1.71 bits per heavy atom. The van der Waals surface area contributed by atoms with Gasteiger partial charge in [0.05, 0.1) is 7.11 Å². The Kier molecular flexibility index (Phi) is 5.87. The Hall–Kier alpha value is -4.32. The van der Waals surface area contributed by atoms with Gasteiger partial charge in [-0.1, -0.05) is 30.3 Å². The number of hydrogen-bond acceptors (Lipinski definition) is 4. The molecule has 0 atom stereocenters. The molecule has 1 aliphatic rings. The average molecular weight is 453 g/mol. The van der Waals surface area contributed by atoms with Crippen molar-refractivity contribution in [3.05, 3.63) is 107 Å². The number of carbonyl (C=O) groups excluding carboxylic acids is 2. The summed E-state index contributed by atoms with van der Waals surface area (Å²) in [7, 11) is 1.60. The van der Waals surface area contributed by atoms with Gasteiger partial charge in [0.1, 0.15) is 17.3 Å². The summed E-state index contributed by atoms with van der Waals surface area (Å²) in [4.78, 5) is 27.3. The van der Waals surface area contributed by atoms with Crippen LogP contribution in [0.4, 0.5) is 5.69 Å². The second kappa shape index (κ2) is 9.27. The van der Waals surface area contributed by atoms with Gasteiger partial charge in [0, 0.05) is 47.5 Å². The molecule has 6 nitrogen and oxygen atoms in total. The van der Waals surface area contributed by atoms with E-state index in [1.807, 2.05) is 53.4 Å². The van der Waals surface area contributed by atoms with Crippen LogP contribution in [0.5, 0.6) is 5.75 Å². The van der Waals surface area contributed by atoms with Gasteiger partial charge in [0.15, 0.2) is 0 Å². The number of anilines is 1. The number of nitrogens with zero attached hydrogens (tertiary/aromatic N) is 1. The zero-order valence-electron chi connectivity index (χ0n) is 18.8.